The number of carbonyl (C=O) groups excluding carboxylic acids is 1. The molecule has 180 valence electrons. The van der Waals surface area contributed by atoms with Crippen molar-refractivity contribution in [2.24, 2.45) is 5.92 Å². The molecule has 6 heteroatoms. The maximum absolute atomic E-state index is 12.4. The van der Waals surface area contributed by atoms with Crippen LogP contribution in [0, 0.1) is 5.92 Å². The van der Waals surface area contributed by atoms with Gasteiger partial charge in [-0.25, -0.2) is 0 Å². The third kappa shape index (κ3) is 6.43. The molecule has 2 heterocycles. The van der Waals surface area contributed by atoms with E-state index in [4.69, 9.17) is 25.5 Å². The molecule has 1 aliphatic rings. The quantitative estimate of drug-likeness (QED) is 0.360. The Morgan fingerprint density at radius 3 is 2.50 bits per heavy atom. The van der Waals surface area contributed by atoms with Gasteiger partial charge in [-0.05, 0) is 68.8 Å². The average molecular weight is 482 g/mol. The number of rotatable bonds is 7. The number of hydrogen-bond acceptors (Lipinski definition) is 5. The molecule has 0 bridgehead atoms. The lowest BCUT2D eigenvalue weighted by molar-refractivity contribution is -0.160. The zero-order valence-corrected chi connectivity index (χ0v) is 21.0. The number of ether oxygens (including phenoxy) is 2. The number of nitrogens with zero attached hydrogens (tertiary/aromatic N) is 1. The first kappa shape index (κ1) is 24.4. The van der Waals surface area contributed by atoms with E-state index in [0.29, 0.717) is 13.2 Å². The van der Waals surface area contributed by atoms with Crippen LogP contribution in [0.5, 0.6) is 5.75 Å². The average Bonchev–Trinajstić information content (AvgIpc) is 3.21. The fourth-order valence-corrected chi connectivity index (χ4v) is 4.14. The van der Waals surface area contributed by atoms with E-state index in [0.717, 1.165) is 52.9 Å². The van der Waals surface area contributed by atoms with Crippen molar-refractivity contribution in [3.05, 3.63) is 76.5 Å². The Morgan fingerprint density at radius 1 is 1.12 bits per heavy atom. The summed E-state index contributed by atoms with van der Waals surface area (Å²) in [5.74, 6) is 2.37. The molecule has 0 radical (unpaired) electrons. The molecule has 1 unspecified atom stereocenters. The molecule has 0 aliphatic carbocycles. The van der Waals surface area contributed by atoms with E-state index in [9.17, 15) is 4.79 Å². The second-order valence-electron chi connectivity index (χ2n) is 9.92. The van der Waals surface area contributed by atoms with Crippen LogP contribution in [0.25, 0.3) is 11.3 Å². The second kappa shape index (κ2) is 10.2. The van der Waals surface area contributed by atoms with Crippen LogP contribution >= 0.6 is 11.6 Å². The van der Waals surface area contributed by atoms with E-state index in [2.05, 4.69) is 11.0 Å². The van der Waals surface area contributed by atoms with E-state index in [-0.39, 0.29) is 11.9 Å². The Hall–Kier alpha value is -2.76. The molecule has 1 aliphatic heterocycles. The van der Waals surface area contributed by atoms with Gasteiger partial charge in [-0.1, -0.05) is 30.7 Å². The van der Waals surface area contributed by atoms with Crippen LogP contribution in [0.2, 0.25) is 5.02 Å². The lowest BCUT2D eigenvalue weighted by Crippen LogP contribution is -2.38. The van der Waals surface area contributed by atoms with E-state index < -0.39 is 5.60 Å². The minimum atomic E-state index is -0.462. The largest absolute Gasteiger partial charge is 0.489 e. The van der Waals surface area contributed by atoms with Gasteiger partial charge >= 0.3 is 5.97 Å². The first-order chi connectivity index (χ1) is 16.2. The summed E-state index contributed by atoms with van der Waals surface area (Å²) >= 11 is 5.93. The van der Waals surface area contributed by atoms with Crippen LogP contribution in [0.3, 0.4) is 0 Å². The van der Waals surface area contributed by atoms with Crippen molar-refractivity contribution in [3.63, 3.8) is 0 Å². The van der Waals surface area contributed by atoms with Crippen LogP contribution in [0.1, 0.15) is 44.6 Å². The van der Waals surface area contributed by atoms with Gasteiger partial charge in [-0.15, -0.1) is 0 Å². The number of esters is 1. The number of fused-ring (bicyclic) bond motifs is 1. The number of carbonyl (C=O) groups is 1. The number of benzene rings is 2. The molecule has 1 aromatic heterocycles. The topological polar surface area (TPSA) is 51.9 Å². The first-order valence-electron chi connectivity index (χ1n) is 11.7. The number of halogens is 1. The Balaban J connectivity index is 1.34. The standard InChI is InChI=1S/C28H32ClNO4/c1-19(27(31)34-28(2,3)4)16-30-14-13-25-22(17-30)15-26(33-25)21-7-11-24(12-8-21)32-18-20-5-9-23(29)10-6-20/h5-12,15,19H,13-14,16-18H2,1-4H3. The summed E-state index contributed by atoms with van der Waals surface area (Å²) in [5.41, 5.74) is 2.80. The molecule has 5 nitrogen and oxygen atoms in total. The molecular formula is C28H32ClNO4. The van der Waals surface area contributed by atoms with Gasteiger partial charge in [0.2, 0.25) is 0 Å². The highest BCUT2D eigenvalue weighted by Gasteiger charge is 2.27. The molecular weight excluding hydrogens is 450 g/mol. The molecule has 0 N–H and O–H groups in total. The lowest BCUT2D eigenvalue weighted by Gasteiger charge is -2.29. The van der Waals surface area contributed by atoms with Crippen LogP contribution < -0.4 is 4.74 Å². The van der Waals surface area contributed by atoms with Crippen LogP contribution in [0.4, 0.5) is 0 Å². The van der Waals surface area contributed by atoms with Gasteiger partial charge in [-0.2, -0.15) is 0 Å². The molecule has 3 aromatic rings. The third-order valence-corrected chi connectivity index (χ3v) is 6.00. The van der Waals surface area contributed by atoms with Gasteiger partial charge in [0.05, 0.1) is 5.92 Å². The summed E-state index contributed by atoms with van der Waals surface area (Å²) in [4.78, 5) is 14.6. The second-order valence-corrected chi connectivity index (χ2v) is 10.4. The van der Waals surface area contributed by atoms with Gasteiger partial charge in [-0.3, -0.25) is 9.69 Å². The van der Waals surface area contributed by atoms with Crippen LogP contribution in [0.15, 0.2) is 59.0 Å². The maximum atomic E-state index is 12.4. The van der Waals surface area contributed by atoms with Gasteiger partial charge in [0.1, 0.15) is 29.5 Å². The van der Waals surface area contributed by atoms with E-state index in [1.54, 1.807) is 0 Å². The Labute approximate surface area is 206 Å². The predicted molar refractivity (Wildman–Crippen MR) is 134 cm³/mol. The van der Waals surface area contributed by atoms with Gasteiger partial charge < -0.3 is 13.9 Å². The third-order valence-electron chi connectivity index (χ3n) is 5.74. The zero-order chi connectivity index (χ0) is 24.3. The normalized spacial score (nSPS) is 15.0. The van der Waals surface area contributed by atoms with Crippen LogP contribution in [-0.4, -0.2) is 29.6 Å². The summed E-state index contributed by atoms with van der Waals surface area (Å²) in [6.07, 6.45) is 0.832. The fourth-order valence-electron chi connectivity index (χ4n) is 4.02. The molecule has 4 rings (SSSR count). The highest BCUT2D eigenvalue weighted by atomic mass is 35.5. The summed E-state index contributed by atoms with van der Waals surface area (Å²) in [6.45, 7) is 10.4. The van der Waals surface area contributed by atoms with Crippen molar-refractivity contribution < 1.29 is 18.7 Å². The highest BCUT2D eigenvalue weighted by molar-refractivity contribution is 6.30. The van der Waals surface area contributed by atoms with Gasteiger partial charge in [0.25, 0.3) is 0 Å². The maximum Gasteiger partial charge on any atom is 0.310 e. The van der Waals surface area contributed by atoms with Crippen molar-refractivity contribution >= 4 is 17.6 Å². The summed E-state index contributed by atoms with van der Waals surface area (Å²) in [6, 6.07) is 17.7. The molecule has 34 heavy (non-hydrogen) atoms. The van der Waals surface area contributed by atoms with Crippen molar-refractivity contribution in [2.75, 3.05) is 13.1 Å². The first-order valence-corrected chi connectivity index (χ1v) is 12.1. The predicted octanol–water partition coefficient (Wildman–Crippen LogP) is 6.51. The Morgan fingerprint density at radius 2 is 1.82 bits per heavy atom. The van der Waals surface area contributed by atoms with Gasteiger partial charge in [0.15, 0.2) is 0 Å². The summed E-state index contributed by atoms with van der Waals surface area (Å²) in [7, 11) is 0. The minimum absolute atomic E-state index is 0.149. The van der Waals surface area contributed by atoms with Crippen molar-refractivity contribution in [3.8, 4) is 17.1 Å². The van der Waals surface area contributed by atoms with Crippen molar-refractivity contribution in [1.82, 2.24) is 4.90 Å². The molecule has 0 amide bonds. The number of furan rings is 1. The monoisotopic (exact) mass is 481 g/mol. The van der Waals surface area contributed by atoms with E-state index in [1.165, 1.54) is 5.56 Å². The summed E-state index contributed by atoms with van der Waals surface area (Å²) in [5, 5.41) is 0.718. The Kier molecular flexibility index (Phi) is 7.34. The molecule has 0 saturated carbocycles. The van der Waals surface area contributed by atoms with Crippen molar-refractivity contribution in [2.45, 2.75) is 52.9 Å². The zero-order valence-electron chi connectivity index (χ0n) is 20.3. The van der Waals surface area contributed by atoms with E-state index in [1.807, 2.05) is 76.2 Å². The minimum Gasteiger partial charge on any atom is -0.489 e. The number of hydrogen-bond donors (Lipinski definition) is 0. The summed E-state index contributed by atoms with van der Waals surface area (Å²) < 4.78 is 17.6. The Bertz CT molecular complexity index is 1110. The van der Waals surface area contributed by atoms with Gasteiger partial charge in [0, 0.05) is 42.2 Å². The molecule has 0 fully saturated rings. The molecule has 1 atom stereocenters. The smallest absolute Gasteiger partial charge is 0.310 e. The highest BCUT2D eigenvalue weighted by Crippen LogP contribution is 2.31. The SMILES string of the molecule is CC(CN1CCc2oc(-c3ccc(OCc4ccc(Cl)cc4)cc3)cc2C1)C(=O)OC(C)(C)C. The molecule has 2 aromatic carbocycles. The van der Waals surface area contributed by atoms with Crippen molar-refractivity contribution in [1.29, 1.82) is 0 Å². The van der Waals surface area contributed by atoms with E-state index >= 15 is 0 Å². The lowest BCUT2D eigenvalue weighted by atomic mass is 10.0. The fraction of sp³-hybridized carbons (Fsp3) is 0.393. The molecule has 0 saturated heterocycles. The molecule has 0 spiro atoms. The van der Waals surface area contributed by atoms with Crippen LogP contribution in [-0.2, 0) is 29.1 Å².